The summed E-state index contributed by atoms with van der Waals surface area (Å²) in [6.45, 7) is 13.7. The van der Waals surface area contributed by atoms with Crippen molar-refractivity contribution in [1.29, 1.82) is 0 Å². The Balaban J connectivity index is 2.44. The molecule has 1 saturated heterocycles. The Hall–Kier alpha value is -2.96. The molecule has 3 N–H and O–H groups in total. The number of ether oxygens (including phenoxy) is 1. The summed E-state index contributed by atoms with van der Waals surface area (Å²) in [6.07, 6.45) is -0.442. The van der Waals surface area contributed by atoms with Gasteiger partial charge in [0.25, 0.3) is 0 Å². The van der Waals surface area contributed by atoms with Crippen LogP contribution in [0, 0.1) is 21.3 Å². The SMILES string of the molecule is C=C1C[C@H](C)C(=O)N[C@@H](C)C(=O)N(C)[C@H](Cc2ccc(O)c(I)c2)C(=O)N[C@@H](C)C(=O)O[C@@H](C)C(C)[C@@H](C)C1=O. The number of aromatic hydroxyl groups is 1. The maximum Gasteiger partial charge on any atom is 0.328 e. The highest BCUT2D eigenvalue weighted by Gasteiger charge is 2.35. The first-order valence-electron chi connectivity index (χ1n) is 13.3. The number of halogens is 1. The van der Waals surface area contributed by atoms with Gasteiger partial charge in [-0.15, -0.1) is 0 Å². The van der Waals surface area contributed by atoms with E-state index in [2.05, 4.69) is 17.2 Å². The van der Waals surface area contributed by atoms with E-state index < -0.39 is 59.8 Å². The van der Waals surface area contributed by atoms with Crippen LogP contribution in [0.1, 0.15) is 53.5 Å². The minimum Gasteiger partial charge on any atom is -0.507 e. The van der Waals surface area contributed by atoms with E-state index in [9.17, 15) is 29.1 Å². The second-order valence-electron chi connectivity index (χ2n) is 10.8. The number of Topliss-reactive ketones (excluding diaryl/α,β-unsaturated/α-hetero) is 1. The van der Waals surface area contributed by atoms with Gasteiger partial charge in [0.1, 0.15) is 30.0 Å². The molecule has 1 aliphatic heterocycles. The lowest BCUT2D eigenvalue weighted by Crippen LogP contribution is -2.56. The predicted molar refractivity (Wildman–Crippen MR) is 158 cm³/mol. The maximum absolute atomic E-state index is 13.5. The average molecular weight is 670 g/mol. The molecule has 3 amide bonds. The number of allylic oxidation sites excluding steroid dienone is 1. The van der Waals surface area contributed by atoms with Gasteiger partial charge in [-0.2, -0.15) is 0 Å². The van der Waals surface area contributed by atoms with Gasteiger partial charge in [-0.3, -0.25) is 19.2 Å². The number of carbonyl (C=O) groups excluding carboxylic acids is 5. The number of cyclic esters (lactones) is 1. The third-order valence-corrected chi connectivity index (χ3v) is 8.46. The number of ketones is 1. The molecule has 11 heteroatoms. The van der Waals surface area contributed by atoms with Crippen LogP contribution in [0.2, 0.25) is 0 Å². The number of likely N-dealkylation sites (N-methyl/N-ethyl adjacent to an activating group) is 1. The average Bonchev–Trinajstić information content (AvgIpc) is 2.90. The number of benzene rings is 1. The molecule has 2 rings (SSSR count). The molecule has 10 nitrogen and oxygen atoms in total. The van der Waals surface area contributed by atoms with Crippen LogP contribution in [0.5, 0.6) is 5.75 Å². The lowest BCUT2D eigenvalue weighted by Gasteiger charge is -2.32. The zero-order chi connectivity index (χ0) is 30.5. The number of phenols is 1. The van der Waals surface area contributed by atoms with Gasteiger partial charge >= 0.3 is 5.97 Å². The summed E-state index contributed by atoms with van der Waals surface area (Å²) >= 11 is 1.97. The van der Waals surface area contributed by atoms with Gasteiger partial charge < -0.3 is 25.4 Å². The first-order valence-corrected chi connectivity index (χ1v) is 14.4. The zero-order valence-electron chi connectivity index (χ0n) is 24.1. The van der Waals surface area contributed by atoms with Crippen LogP contribution in [0.4, 0.5) is 0 Å². The number of nitrogens with one attached hydrogen (secondary N) is 2. The van der Waals surface area contributed by atoms with Crippen molar-refractivity contribution in [3.05, 3.63) is 39.5 Å². The Kier molecular flexibility index (Phi) is 11.7. The monoisotopic (exact) mass is 669 g/mol. The van der Waals surface area contributed by atoms with Crippen molar-refractivity contribution in [3.8, 4) is 5.75 Å². The molecule has 0 spiro atoms. The van der Waals surface area contributed by atoms with Gasteiger partial charge in [0.2, 0.25) is 17.7 Å². The number of hydrogen-bond acceptors (Lipinski definition) is 7. The van der Waals surface area contributed by atoms with E-state index in [4.69, 9.17) is 4.74 Å². The number of phenolic OH excluding ortho intramolecular Hbond substituents is 1. The Morgan fingerprint density at radius 2 is 1.60 bits per heavy atom. The minimum absolute atomic E-state index is 0.0896. The molecule has 1 fully saturated rings. The zero-order valence-corrected chi connectivity index (χ0v) is 26.3. The molecule has 1 aromatic carbocycles. The highest BCUT2D eigenvalue weighted by atomic mass is 127. The van der Waals surface area contributed by atoms with Crippen LogP contribution in [0.25, 0.3) is 0 Å². The fraction of sp³-hybridized carbons (Fsp3) is 0.552. The number of amides is 3. The van der Waals surface area contributed by atoms with Crippen molar-refractivity contribution in [2.45, 2.75) is 78.6 Å². The van der Waals surface area contributed by atoms with Gasteiger partial charge in [-0.05, 0) is 73.1 Å². The third-order valence-electron chi connectivity index (χ3n) is 7.59. The van der Waals surface area contributed by atoms with Crippen LogP contribution in [-0.2, 0) is 35.1 Å². The highest BCUT2D eigenvalue weighted by molar-refractivity contribution is 14.1. The molecule has 7 atom stereocenters. The molecule has 1 aromatic rings. The van der Waals surface area contributed by atoms with E-state index in [1.54, 1.807) is 39.8 Å². The second kappa shape index (κ2) is 14.1. The number of hydrogen-bond donors (Lipinski definition) is 3. The highest BCUT2D eigenvalue weighted by Crippen LogP contribution is 2.25. The number of rotatable bonds is 2. The van der Waals surface area contributed by atoms with Crippen molar-refractivity contribution >= 4 is 52.1 Å². The van der Waals surface area contributed by atoms with Crippen molar-refractivity contribution in [3.63, 3.8) is 0 Å². The van der Waals surface area contributed by atoms with Crippen LogP contribution in [-0.4, -0.2) is 70.8 Å². The number of carbonyl (C=O) groups is 5. The minimum atomic E-state index is -1.04. The molecule has 0 bridgehead atoms. The Labute approximate surface area is 249 Å². The first kappa shape index (κ1) is 33.2. The largest absolute Gasteiger partial charge is 0.507 e. The van der Waals surface area contributed by atoms with E-state index in [1.165, 1.54) is 31.9 Å². The van der Waals surface area contributed by atoms with Crippen molar-refractivity contribution < 1.29 is 33.8 Å². The molecular weight excluding hydrogens is 629 g/mol. The second-order valence-corrected chi connectivity index (χ2v) is 11.9. The molecule has 1 unspecified atom stereocenters. The van der Waals surface area contributed by atoms with Gasteiger partial charge in [0, 0.05) is 31.2 Å². The van der Waals surface area contributed by atoms with Crippen molar-refractivity contribution in [1.82, 2.24) is 15.5 Å². The lowest BCUT2D eigenvalue weighted by atomic mass is 9.83. The van der Waals surface area contributed by atoms with Crippen LogP contribution in [0.15, 0.2) is 30.4 Å². The van der Waals surface area contributed by atoms with Crippen LogP contribution < -0.4 is 10.6 Å². The van der Waals surface area contributed by atoms with Crippen molar-refractivity contribution in [2.24, 2.45) is 17.8 Å². The summed E-state index contributed by atoms with van der Waals surface area (Å²) in [5.74, 6) is -3.85. The van der Waals surface area contributed by atoms with Gasteiger partial charge in [-0.25, -0.2) is 4.79 Å². The summed E-state index contributed by atoms with van der Waals surface area (Å²) in [4.78, 5) is 66.9. The Morgan fingerprint density at radius 3 is 2.20 bits per heavy atom. The van der Waals surface area contributed by atoms with Gasteiger partial charge in [0.15, 0.2) is 5.78 Å². The summed E-state index contributed by atoms with van der Waals surface area (Å²) in [5, 5.41) is 15.2. The van der Waals surface area contributed by atoms with Crippen LogP contribution in [0.3, 0.4) is 0 Å². The standard InChI is InChI=1S/C29H40IN3O7/c1-14-11-15(2)26(36)31-18(5)28(38)33(8)23(13-21-9-10-24(34)22(30)12-21)27(37)32-19(6)29(39)40-20(7)16(3)17(4)25(14)35/h9-10,12,15-20,23,34H,1,11,13H2,2-8H3,(H,31,36)(H,32,37)/t15-,16?,17+,18-,19-,20-,23+/m0/s1. The van der Waals surface area contributed by atoms with E-state index in [0.29, 0.717) is 9.13 Å². The molecular formula is C29H40IN3O7. The fourth-order valence-electron chi connectivity index (χ4n) is 4.47. The molecule has 40 heavy (non-hydrogen) atoms. The first-order chi connectivity index (χ1) is 18.5. The molecule has 0 aliphatic carbocycles. The summed E-state index contributed by atoms with van der Waals surface area (Å²) in [5.41, 5.74) is 0.964. The smallest absolute Gasteiger partial charge is 0.328 e. The molecule has 0 aromatic heterocycles. The Morgan fingerprint density at radius 1 is 1.00 bits per heavy atom. The molecule has 1 aliphatic rings. The van der Waals surface area contributed by atoms with E-state index in [-0.39, 0.29) is 35.9 Å². The fourth-order valence-corrected chi connectivity index (χ4v) is 5.05. The number of nitrogens with zero attached hydrogens (tertiary/aromatic N) is 1. The van der Waals surface area contributed by atoms with E-state index >= 15 is 0 Å². The summed E-state index contributed by atoms with van der Waals surface area (Å²) in [7, 11) is 1.46. The topological polar surface area (TPSA) is 142 Å². The van der Waals surface area contributed by atoms with Crippen molar-refractivity contribution in [2.75, 3.05) is 7.05 Å². The Bertz CT molecular complexity index is 1170. The van der Waals surface area contributed by atoms with Crippen LogP contribution >= 0.6 is 22.6 Å². The molecule has 1 heterocycles. The maximum atomic E-state index is 13.5. The normalized spacial score (nSPS) is 30.2. The summed E-state index contributed by atoms with van der Waals surface area (Å²) < 4.78 is 6.18. The van der Waals surface area contributed by atoms with E-state index in [0.717, 1.165) is 0 Å². The van der Waals surface area contributed by atoms with Gasteiger partial charge in [-0.1, -0.05) is 33.4 Å². The molecule has 220 valence electrons. The van der Waals surface area contributed by atoms with Gasteiger partial charge in [0.05, 0.1) is 3.57 Å². The molecule has 0 saturated carbocycles. The quantitative estimate of drug-likeness (QED) is 0.250. The molecule has 0 radical (unpaired) electrons. The predicted octanol–water partition coefficient (Wildman–Crippen LogP) is 2.74. The summed E-state index contributed by atoms with van der Waals surface area (Å²) in [6, 6.07) is 1.82. The van der Waals surface area contributed by atoms with E-state index in [1.807, 2.05) is 22.6 Å². The lowest BCUT2D eigenvalue weighted by molar-refractivity contribution is -0.156. The third kappa shape index (κ3) is 8.28. The number of esters is 1.